The molecule has 1 amide bonds. The third-order valence-electron chi connectivity index (χ3n) is 4.62. The minimum atomic E-state index is -0.264. The maximum atomic E-state index is 12.7. The summed E-state index contributed by atoms with van der Waals surface area (Å²) in [5.41, 5.74) is 1.26. The number of hydrogen-bond acceptors (Lipinski definition) is 5. The number of benzene rings is 1. The van der Waals surface area contributed by atoms with Crippen molar-refractivity contribution in [3.63, 3.8) is 0 Å². The van der Waals surface area contributed by atoms with Gasteiger partial charge in [0, 0.05) is 13.2 Å². The van der Waals surface area contributed by atoms with Crippen molar-refractivity contribution in [2.45, 2.75) is 24.1 Å². The molecule has 1 atom stereocenters. The number of amides is 1. The zero-order chi connectivity index (χ0) is 17.4. The molecule has 0 radical (unpaired) electrons. The topological polar surface area (TPSA) is 96.3 Å². The third-order valence-corrected chi connectivity index (χ3v) is 5.89. The van der Waals surface area contributed by atoms with Crippen LogP contribution in [0.15, 0.2) is 29.1 Å². The van der Waals surface area contributed by atoms with E-state index in [9.17, 15) is 14.7 Å². The van der Waals surface area contributed by atoms with Crippen LogP contribution in [-0.4, -0.2) is 39.8 Å². The molecule has 132 valence electrons. The molecule has 3 N–H and O–H groups in total. The van der Waals surface area contributed by atoms with Crippen LogP contribution in [0.1, 0.15) is 35.3 Å². The third kappa shape index (κ3) is 3.07. The van der Waals surface area contributed by atoms with Crippen molar-refractivity contribution in [1.82, 2.24) is 9.78 Å². The average Bonchev–Trinajstić information content (AvgIpc) is 2.83. The number of phenols is 1. The van der Waals surface area contributed by atoms with Crippen LogP contribution in [0, 0.1) is 0 Å². The number of H-pyrrole nitrogens is 1. The van der Waals surface area contributed by atoms with Crippen molar-refractivity contribution in [3.05, 3.63) is 45.7 Å². The lowest BCUT2D eigenvalue weighted by molar-refractivity contribution is -0.113. The van der Waals surface area contributed by atoms with Gasteiger partial charge in [0.1, 0.15) is 11.6 Å². The van der Waals surface area contributed by atoms with Gasteiger partial charge in [0.25, 0.3) is 5.56 Å². The Balaban J connectivity index is 1.81. The Hall–Kier alpha value is -2.19. The highest BCUT2D eigenvalue weighted by Gasteiger charge is 2.32. The molecule has 4 rings (SSSR count). The number of carbonyl (C=O) groups is 1. The van der Waals surface area contributed by atoms with Gasteiger partial charge in [0.05, 0.1) is 22.6 Å². The van der Waals surface area contributed by atoms with Gasteiger partial charge in [-0.2, -0.15) is 0 Å². The number of fused-ring (bicyclic) bond motifs is 1. The zero-order valence-electron chi connectivity index (χ0n) is 13.5. The molecule has 0 spiro atoms. The number of anilines is 1. The number of aromatic amines is 1. The maximum Gasteiger partial charge on any atom is 0.270 e. The number of nitrogens with zero attached hydrogens (tertiary/aromatic N) is 1. The highest BCUT2D eigenvalue weighted by Crippen LogP contribution is 2.41. The molecule has 0 unspecified atom stereocenters. The van der Waals surface area contributed by atoms with E-state index in [0.717, 1.165) is 18.4 Å². The van der Waals surface area contributed by atoms with E-state index in [1.165, 1.54) is 11.8 Å². The molecule has 25 heavy (non-hydrogen) atoms. The standard InChI is InChI=1S/C17H19N3O4S/c21-12-3-1-10(2-4-12)15-14-16(18-13(22)9-25-15)20(19-17(14)23)11-5-7-24-8-6-11/h1-4,11,15,21H,5-9H2,(H,18,22)(H,19,23)/t15-/m1/s1. The molecule has 8 heteroatoms. The van der Waals surface area contributed by atoms with Crippen molar-refractivity contribution in [3.8, 4) is 5.75 Å². The smallest absolute Gasteiger partial charge is 0.270 e. The first kappa shape index (κ1) is 16.3. The fraction of sp³-hybridized carbons (Fsp3) is 0.412. The monoisotopic (exact) mass is 361 g/mol. The summed E-state index contributed by atoms with van der Waals surface area (Å²) < 4.78 is 7.20. The van der Waals surface area contributed by atoms with Crippen molar-refractivity contribution in [2.24, 2.45) is 0 Å². The van der Waals surface area contributed by atoms with Crippen molar-refractivity contribution >= 4 is 23.5 Å². The van der Waals surface area contributed by atoms with Crippen LogP contribution < -0.4 is 10.9 Å². The van der Waals surface area contributed by atoms with Gasteiger partial charge in [-0.25, -0.2) is 0 Å². The first-order valence-electron chi connectivity index (χ1n) is 8.26. The first-order chi connectivity index (χ1) is 12.1. The molecule has 1 saturated heterocycles. The number of ether oxygens (including phenoxy) is 1. The van der Waals surface area contributed by atoms with E-state index in [-0.39, 0.29) is 34.3 Å². The molecule has 1 fully saturated rings. The van der Waals surface area contributed by atoms with Crippen LogP contribution in [0.5, 0.6) is 5.75 Å². The Morgan fingerprint density at radius 2 is 1.88 bits per heavy atom. The van der Waals surface area contributed by atoms with E-state index >= 15 is 0 Å². The summed E-state index contributed by atoms with van der Waals surface area (Å²) in [6, 6.07) is 6.88. The lowest BCUT2D eigenvalue weighted by Crippen LogP contribution is -2.24. The van der Waals surface area contributed by atoms with E-state index in [1.54, 1.807) is 28.9 Å². The SMILES string of the molecule is O=C1CS[C@H](c2ccc(O)cc2)c2c(n(C3CCOCC3)[nH]c2=O)N1. The number of thioether (sulfide) groups is 1. The van der Waals surface area contributed by atoms with Gasteiger partial charge in [0.2, 0.25) is 5.91 Å². The number of carbonyl (C=O) groups excluding carboxylic acids is 1. The normalized spacial score (nSPS) is 21.4. The molecular weight excluding hydrogens is 342 g/mol. The summed E-state index contributed by atoms with van der Waals surface area (Å²) in [5, 5.41) is 15.1. The average molecular weight is 361 g/mol. The fourth-order valence-corrected chi connectivity index (χ4v) is 4.50. The lowest BCUT2D eigenvalue weighted by atomic mass is 10.1. The Morgan fingerprint density at radius 1 is 1.16 bits per heavy atom. The Kier molecular flexibility index (Phi) is 4.30. The van der Waals surface area contributed by atoms with Gasteiger partial charge in [-0.1, -0.05) is 12.1 Å². The summed E-state index contributed by atoms with van der Waals surface area (Å²) in [5.74, 6) is 0.885. The molecule has 1 aromatic heterocycles. The Bertz CT molecular complexity index is 837. The molecule has 0 saturated carbocycles. The van der Waals surface area contributed by atoms with E-state index in [2.05, 4.69) is 10.4 Å². The molecule has 3 heterocycles. The summed E-state index contributed by atoms with van der Waals surface area (Å²) in [6.07, 6.45) is 1.59. The van der Waals surface area contributed by atoms with Gasteiger partial charge < -0.3 is 15.2 Å². The highest BCUT2D eigenvalue weighted by molar-refractivity contribution is 8.00. The molecular formula is C17H19N3O4S. The van der Waals surface area contributed by atoms with E-state index in [4.69, 9.17) is 4.74 Å². The predicted octanol–water partition coefficient (Wildman–Crippen LogP) is 2.01. The number of rotatable bonds is 2. The number of aromatic nitrogens is 2. The van der Waals surface area contributed by atoms with E-state index < -0.39 is 0 Å². The van der Waals surface area contributed by atoms with E-state index in [1.807, 2.05) is 0 Å². The number of nitrogens with one attached hydrogen (secondary N) is 2. The van der Waals surface area contributed by atoms with E-state index in [0.29, 0.717) is 24.6 Å². The Labute approximate surface area is 148 Å². The molecule has 1 aromatic carbocycles. The highest BCUT2D eigenvalue weighted by atomic mass is 32.2. The first-order valence-corrected chi connectivity index (χ1v) is 9.31. The Morgan fingerprint density at radius 3 is 2.60 bits per heavy atom. The number of phenolic OH excluding ortho intramolecular Hbond substituents is 1. The van der Waals surface area contributed by atoms with Crippen LogP contribution in [-0.2, 0) is 9.53 Å². The second kappa shape index (κ2) is 6.61. The minimum Gasteiger partial charge on any atom is -0.508 e. The molecule has 2 aliphatic heterocycles. The second-order valence-corrected chi connectivity index (χ2v) is 7.34. The molecule has 0 bridgehead atoms. The molecule has 2 aromatic rings. The summed E-state index contributed by atoms with van der Waals surface area (Å²) >= 11 is 1.42. The van der Waals surface area contributed by atoms with Gasteiger partial charge in [0.15, 0.2) is 0 Å². The van der Waals surface area contributed by atoms with Crippen molar-refractivity contribution < 1.29 is 14.6 Å². The molecule has 0 aliphatic carbocycles. The van der Waals surface area contributed by atoms with Gasteiger partial charge in [-0.15, -0.1) is 11.8 Å². The lowest BCUT2D eigenvalue weighted by Gasteiger charge is -2.25. The zero-order valence-corrected chi connectivity index (χ0v) is 14.3. The maximum absolute atomic E-state index is 12.7. The second-order valence-electron chi connectivity index (χ2n) is 6.25. The van der Waals surface area contributed by atoms with Crippen molar-refractivity contribution in [1.29, 1.82) is 0 Å². The number of aromatic hydroxyl groups is 1. The van der Waals surface area contributed by atoms with Gasteiger partial charge >= 0.3 is 0 Å². The molecule has 7 nitrogen and oxygen atoms in total. The predicted molar refractivity (Wildman–Crippen MR) is 95.2 cm³/mol. The van der Waals surface area contributed by atoms with Crippen LogP contribution in [0.3, 0.4) is 0 Å². The van der Waals surface area contributed by atoms with Crippen LogP contribution >= 0.6 is 11.8 Å². The fourth-order valence-electron chi connectivity index (χ4n) is 3.37. The largest absolute Gasteiger partial charge is 0.508 e. The quantitative estimate of drug-likeness (QED) is 0.760. The van der Waals surface area contributed by atoms with Gasteiger partial charge in [-0.3, -0.25) is 19.4 Å². The molecule has 2 aliphatic rings. The summed E-state index contributed by atoms with van der Waals surface area (Å²) in [6.45, 7) is 1.29. The van der Waals surface area contributed by atoms with Crippen LogP contribution in [0.2, 0.25) is 0 Å². The summed E-state index contributed by atoms with van der Waals surface area (Å²) in [4.78, 5) is 24.9. The number of hydrogen-bond donors (Lipinski definition) is 3. The van der Waals surface area contributed by atoms with Gasteiger partial charge in [-0.05, 0) is 30.5 Å². The van der Waals surface area contributed by atoms with Crippen LogP contribution in [0.25, 0.3) is 0 Å². The summed E-state index contributed by atoms with van der Waals surface area (Å²) in [7, 11) is 0. The van der Waals surface area contributed by atoms with Crippen LogP contribution in [0.4, 0.5) is 5.82 Å². The van der Waals surface area contributed by atoms with Crippen molar-refractivity contribution in [2.75, 3.05) is 24.3 Å². The minimum absolute atomic E-state index is 0.106.